The summed E-state index contributed by atoms with van der Waals surface area (Å²) in [6.45, 7) is 3.46. The van der Waals surface area contributed by atoms with Gasteiger partial charge in [-0.2, -0.15) is 0 Å². The molecule has 0 saturated carbocycles. The van der Waals surface area contributed by atoms with Gasteiger partial charge in [-0.15, -0.1) is 0 Å². The molecule has 3 saturated heterocycles. The summed E-state index contributed by atoms with van der Waals surface area (Å²) in [6.07, 6.45) is 6.67. The maximum absolute atomic E-state index is 12.6. The lowest BCUT2D eigenvalue weighted by Crippen LogP contribution is -2.53. The Morgan fingerprint density at radius 3 is 2.69 bits per heavy atom. The van der Waals surface area contributed by atoms with Gasteiger partial charge in [-0.25, -0.2) is 4.79 Å². The van der Waals surface area contributed by atoms with Crippen molar-refractivity contribution in [3.8, 4) is 0 Å². The summed E-state index contributed by atoms with van der Waals surface area (Å²) in [4.78, 5) is 56.3. The van der Waals surface area contributed by atoms with Crippen LogP contribution in [0.15, 0.2) is 15.8 Å². The predicted octanol–water partition coefficient (Wildman–Crippen LogP) is 0.0159. The zero-order valence-corrected chi connectivity index (χ0v) is 16.6. The minimum absolute atomic E-state index is 0.0251. The molecule has 4 heterocycles. The average Bonchev–Trinajstić information content (AvgIpc) is 3.21. The number of likely N-dealkylation sites (tertiary alicyclic amines) is 2. The molecule has 9 nitrogen and oxygen atoms in total. The van der Waals surface area contributed by atoms with Crippen molar-refractivity contribution in [2.75, 3.05) is 32.8 Å². The largest absolute Gasteiger partial charge is 0.376 e. The van der Waals surface area contributed by atoms with Gasteiger partial charge in [-0.1, -0.05) is 0 Å². The standard InChI is InChI=1S/C20H28N4O5/c25-16-3-4-20(13-24(16)12-15-2-1-9-29-15)5-7-23(8-6-20)17(26)10-14-11-21-19(28)22-18(14)27/h11,15H,1-10,12-13H2,(H2,21,22,27,28)/t15-/m1/s1. The van der Waals surface area contributed by atoms with Crippen LogP contribution in [-0.4, -0.2) is 70.5 Å². The van der Waals surface area contributed by atoms with Crippen molar-refractivity contribution in [2.45, 2.75) is 51.0 Å². The lowest BCUT2D eigenvalue weighted by Gasteiger charge is -2.47. The van der Waals surface area contributed by atoms with Gasteiger partial charge >= 0.3 is 5.69 Å². The molecule has 29 heavy (non-hydrogen) atoms. The van der Waals surface area contributed by atoms with Gasteiger partial charge in [-0.3, -0.25) is 19.4 Å². The molecule has 158 valence electrons. The second-order valence-corrected chi connectivity index (χ2v) is 8.56. The first kappa shape index (κ1) is 19.9. The maximum atomic E-state index is 12.6. The third-order valence-corrected chi connectivity index (χ3v) is 6.61. The summed E-state index contributed by atoms with van der Waals surface area (Å²) >= 11 is 0. The highest BCUT2D eigenvalue weighted by atomic mass is 16.5. The van der Waals surface area contributed by atoms with Crippen LogP contribution in [0.1, 0.15) is 44.1 Å². The number of nitrogens with zero attached hydrogens (tertiary/aromatic N) is 2. The minimum atomic E-state index is -0.578. The summed E-state index contributed by atoms with van der Waals surface area (Å²) in [5.41, 5.74) is -0.767. The van der Waals surface area contributed by atoms with E-state index in [2.05, 4.69) is 9.97 Å². The molecule has 1 atom stereocenters. The Morgan fingerprint density at radius 1 is 1.21 bits per heavy atom. The van der Waals surface area contributed by atoms with Crippen LogP contribution in [-0.2, 0) is 20.7 Å². The average molecular weight is 404 g/mol. The molecule has 3 aliphatic rings. The van der Waals surface area contributed by atoms with Crippen LogP contribution in [0.5, 0.6) is 0 Å². The number of carbonyl (C=O) groups is 2. The lowest BCUT2D eigenvalue weighted by molar-refractivity contribution is -0.143. The third-order valence-electron chi connectivity index (χ3n) is 6.61. The molecule has 0 unspecified atom stereocenters. The summed E-state index contributed by atoms with van der Waals surface area (Å²) in [5, 5.41) is 0. The number of hydrogen-bond donors (Lipinski definition) is 2. The SMILES string of the molecule is O=C(Cc1c[nH]c(=O)[nH]c1=O)N1CCC2(CCC(=O)N(C[C@H]3CCCO3)C2)CC1. The molecule has 3 aliphatic heterocycles. The van der Waals surface area contributed by atoms with Crippen LogP contribution in [0.25, 0.3) is 0 Å². The maximum Gasteiger partial charge on any atom is 0.325 e. The molecule has 0 aromatic carbocycles. The molecule has 0 radical (unpaired) electrons. The molecule has 2 N–H and O–H groups in total. The van der Waals surface area contributed by atoms with Crippen molar-refractivity contribution in [3.63, 3.8) is 0 Å². The van der Waals surface area contributed by atoms with Crippen LogP contribution in [0, 0.1) is 5.41 Å². The van der Waals surface area contributed by atoms with Crippen LogP contribution in [0.4, 0.5) is 0 Å². The Bertz CT molecular complexity index is 877. The van der Waals surface area contributed by atoms with E-state index < -0.39 is 11.2 Å². The van der Waals surface area contributed by atoms with Crippen molar-refractivity contribution >= 4 is 11.8 Å². The van der Waals surface area contributed by atoms with Gasteiger partial charge in [0.15, 0.2) is 0 Å². The van der Waals surface area contributed by atoms with E-state index in [1.165, 1.54) is 6.20 Å². The fourth-order valence-electron chi connectivity index (χ4n) is 4.79. The number of carbonyl (C=O) groups excluding carboxylic acids is 2. The first-order valence-electron chi connectivity index (χ1n) is 10.4. The normalized spacial score (nSPS) is 24.3. The number of piperidine rings is 2. The number of hydrogen-bond acceptors (Lipinski definition) is 5. The monoisotopic (exact) mass is 404 g/mol. The Kier molecular flexibility index (Phi) is 5.58. The smallest absolute Gasteiger partial charge is 0.325 e. The second kappa shape index (κ2) is 8.14. The van der Waals surface area contributed by atoms with Gasteiger partial charge in [0.1, 0.15) is 0 Å². The molecular weight excluding hydrogens is 376 g/mol. The molecule has 1 aromatic rings. The molecule has 0 aliphatic carbocycles. The van der Waals surface area contributed by atoms with E-state index in [1.54, 1.807) is 4.90 Å². The molecule has 4 rings (SSSR count). The molecule has 9 heteroatoms. The fraction of sp³-hybridized carbons (Fsp3) is 0.700. The van der Waals surface area contributed by atoms with Crippen LogP contribution < -0.4 is 11.2 Å². The van der Waals surface area contributed by atoms with Gasteiger partial charge in [0.2, 0.25) is 11.8 Å². The van der Waals surface area contributed by atoms with Crippen molar-refractivity contribution in [3.05, 3.63) is 32.6 Å². The quantitative estimate of drug-likeness (QED) is 0.734. The Morgan fingerprint density at radius 2 is 2.00 bits per heavy atom. The molecule has 1 aromatic heterocycles. The Hall–Kier alpha value is -2.42. The zero-order valence-electron chi connectivity index (χ0n) is 16.6. The highest BCUT2D eigenvalue weighted by Crippen LogP contribution is 2.40. The van der Waals surface area contributed by atoms with Gasteiger partial charge < -0.3 is 19.5 Å². The zero-order chi connectivity index (χ0) is 20.4. The lowest BCUT2D eigenvalue weighted by atomic mass is 9.72. The number of rotatable bonds is 4. The van der Waals surface area contributed by atoms with Crippen LogP contribution >= 0.6 is 0 Å². The fourth-order valence-corrected chi connectivity index (χ4v) is 4.79. The van der Waals surface area contributed by atoms with E-state index in [4.69, 9.17) is 4.74 Å². The third kappa shape index (κ3) is 4.44. The van der Waals surface area contributed by atoms with Gasteiger partial charge in [-0.05, 0) is 37.5 Å². The number of ether oxygens (including phenoxy) is 1. The van der Waals surface area contributed by atoms with E-state index in [0.717, 1.165) is 45.3 Å². The summed E-state index contributed by atoms with van der Waals surface area (Å²) in [6, 6.07) is 0. The summed E-state index contributed by atoms with van der Waals surface area (Å²) in [7, 11) is 0. The van der Waals surface area contributed by atoms with E-state index in [1.807, 2.05) is 4.90 Å². The van der Waals surface area contributed by atoms with E-state index in [-0.39, 0.29) is 35.3 Å². The molecule has 2 amide bonds. The van der Waals surface area contributed by atoms with Crippen molar-refractivity contribution in [1.82, 2.24) is 19.8 Å². The number of aromatic amines is 2. The minimum Gasteiger partial charge on any atom is -0.376 e. The van der Waals surface area contributed by atoms with Gasteiger partial charge in [0.05, 0.1) is 12.5 Å². The summed E-state index contributed by atoms with van der Waals surface area (Å²) in [5.74, 6) is 0.0995. The second-order valence-electron chi connectivity index (χ2n) is 8.56. The highest BCUT2D eigenvalue weighted by Gasteiger charge is 2.42. The Labute approximate surface area is 168 Å². The summed E-state index contributed by atoms with van der Waals surface area (Å²) < 4.78 is 5.70. The molecule has 0 bridgehead atoms. The van der Waals surface area contributed by atoms with E-state index in [0.29, 0.717) is 26.1 Å². The topological polar surface area (TPSA) is 116 Å². The van der Waals surface area contributed by atoms with Crippen molar-refractivity contribution < 1.29 is 14.3 Å². The van der Waals surface area contributed by atoms with Crippen molar-refractivity contribution in [1.29, 1.82) is 0 Å². The number of H-pyrrole nitrogens is 2. The number of amides is 2. The highest BCUT2D eigenvalue weighted by molar-refractivity contribution is 5.79. The molecule has 1 spiro atoms. The van der Waals surface area contributed by atoms with E-state index >= 15 is 0 Å². The van der Waals surface area contributed by atoms with Gasteiger partial charge in [0.25, 0.3) is 5.56 Å². The molecule has 3 fully saturated rings. The van der Waals surface area contributed by atoms with E-state index in [9.17, 15) is 19.2 Å². The molecular formula is C20H28N4O5. The Balaban J connectivity index is 1.34. The van der Waals surface area contributed by atoms with Crippen LogP contribution in [0.3, 0.4) is 0 Å². The van der Waals surface area contributed by atoms with Crippen molar-refractivity contribution in [2.24, 2.45) is 5.41 Å². The predicted molar refractivity (Wildman–Crippen MR) is 104 cm³/mol. The van der Waals surface area contributed by atoms with Crippen LogP contribution in [0.2, 0.25) is 0 Å². The number of aromatic nitrogens is 2. The van der Waals surface area contributed by atoms with Gasteiger partial charge in [0, 0.05) is 51.0 Å². The first-order chi connectivity index (χ1) is 13.9. The number of nitrogens with one attached hydrogen (secondary N) is 2. The first-order valence-corrected chi connectivity index (χ1v) is 10.4.